The normalized spacial score (nSPS) is 10.9. The predicted octanol–water partition coefficient (Wildman–Crippen LogP) is 4.87. The van der Waals surface area contributed by atoms with Gasteiger partial charge in [0.05, 0.1) is 0 Å². The molecule has 3 heteroatoms. The van der Waals surface area contributed by atoms with Gasteiger partial charge in [0, 0.05) is 15.6 Å². The average Bonchev–Trinajstić information content (AvgIpc) is 2.32. The molecule has 0 aliphatic heterocycles. The molecule has 86 valence electrons. The van der Waals surface area contributed by atoms with Gasteiger partial charge in [0.15, 0.2) is 0 Å². The second-order valence-corrected chi connectivity index (χ2v) is 4.46. The van der Waals surface area contributed by atoms with Crippen LogP contribution in [0.1, 0.15) is 11.1 Å². The Morgan fingerprint density at radius 2 is 1.47 bits per heavy atom. The van der Waals surface area contributed by atoms with Crippen LogP contribution in [0.15, 0.2) is 42.5 Å². The van der Waals surface area contributed by atoms with Crippen LogP contribution in [0.2, 0.25) is 10.0 Å². The summed E-state index contributed by atoms with van der Waals surface area (Å²) in [5.41, 5.74) is 1.70. The summed E-state index contributed by atoms with van der Waals surface area (Å²) in [6, 6.07) is 12.4. The fraction of sp³-hybridized carbons (Fsp3) is 0. The predicted molar refractivity (Wildman–Crippen MR) is 73.5 cm³/mol. The smallest absolute Gasteiger partial charge is 0.122 e. The van der Waals surface area contributed by atoms with Crippen molar-refractivity contribution in [2.24, 2.45) is 0 Å². The van der Waals surface area contributed by atoms with Crippen molar-refractivity contribution in [2.75, 3.05) is 0 Å². The number of hydrogen-bond acceptors (Lipinski definition) is 1. The van der Waals surface area contributed by atoms with Crippen molar-refractivity contribution in [1.82, 2.24) is 0 Å². The number of halogens is 2. The molecule has 0 spiro atoms. The summed E-state index contributed by atoms with van der Waals surface area (Å²) >= 11 is 11.7. The molecular weight excluding hydrogens is 255 g/mol. The third-order valence-corrected chi connectivity index (χ3v) is 2.80. The third kappa shape index (κ3) is 3.26. The molecule has 2 aromatic rings. The van der Waals surface area contributed by atoms with E-state index in [2.05, 4.69) is 0 Å². The lowest BCUT2D eigenvalue weighted by molar-refractivity contribution is 0.474. The molecule has 0 aromatic heterocycles. The molecule has 0 heterocycles. The summed E-state index contributed by atoms with van der Waals surface area (Å²) in [7, 11) is 0. The fourth-order valence-corrected chi connectivity index (χ4v) is 1.73. The summed E-state index contributed by atoms with van der Waals surface area (Å²) < 4.78 is 0. The molecule has 0 radical (unpaired) electrons. The Hall–Kier alpha value is -1.44. The van der Waals surface area contributed by atoms with Crippen LogP contribution in [-0.2, 0) is 0 Å². The van der Waals surface area contributed by atoms with E-state index in [0.29, 0.717) is 15.6 Å². The molecule has 17 heavy (non-hydrogen) atoms. The van der Waals surface area contributed by atoms with Gasteiger partial charge >= 0.3 is 0 Å². The maximum absolute atomic E-state index is 9.63. The van der Waals surface area contributed by atoms with Crippen LogP contribution in [0.5, 0.6) is 5.75 Å². The standard InChI is InChI=1S/C14H10Cl2O/c15-12-5-2-10(3-6-12)1-4-11-9-13(16)7-8-14(11)17/h1-9,17H/b4-1+. The highest BCUT2D eigenvalue weighted by Gasteiger charge is 1.97. The van der Waals surface area contributed by atoms with E-state index in [0.717, 1.165) is 5.56 Å². The Balaban J connectivity index is 2.25. The third-order valence-electron chi connectivity index (χ3n) is 2.31. The number of aromatic hydroxyl groups is 1. The van der Waals surface area contributed by atoms with Crippen LogP contribution in [0.4, 0.5) is 0 Å². The van der Waals surface area contributed by atoms with E-state index in [1.165, 1.54) is 0 Å². The first-order valence-electron chi connectivity index (χ1n) is 5.07. The van der Waals surface area contributed by atoms with Crippen molar-refractivity contribution in [3.8, 4) is 5.75 Å². The SMILES string of the molecule is Oc1ccc(Cl)cc1/C=C/c1ccc(Cl)cc1. The molecule has 0 fully saturated rings. The van der Waals surface area contributed by atoms with Crippen molar-refractivity contribution < 1.29 is 5.11 Å². The van der Waals surface area contributed by atoms with Crippen LogP contribution in [0.3, 0.4) is 0 Å². The topological polar surface area (TPSA) is 20.2 Å². The second kappa shape index (κ2) is 5.26. The molecule has 0 aliphatic rings. The number of rotatable bonds is 2. The lowest BCUT2D eigenvalue weighted by Crippen LogP contribution is -1.75. The van der Waals surface area contributed by atoms with Gasteiger partial charge in [-0.3, -0.25) is 0 Å². The highest BCUT2D eigenvalue weighted by atomic mass is 35.5. The van der Waals surface area contributed by atoms with E-state index in [1.807, 2.05) is 36.4 Å². The molecule has 0 bridgehead atoms. The Morgan fingerprint density at radius 1 is 0.824 bits per heavy atom. The van der Waals surface area contributed by atoms with E-state index in [4.69, 9.17) is 23.2 Å². The molecule has 0 saturated heterocycles. The summed E-state index contributed by atoms with van der Waals surface area (Å²) in [6.07, 6.45) is 3.70. The minimum atomic E-state index is 0.208. The highest BCUT2D eigenvalue weighted by molar-refractivity contribution is 6.31. The second-order valence-electron chi connectivity index (χ2n) is 3.59. The summed E-state index contributed by atoms with van der Waals surface area (Å²) in [5, 5.41) is 10.9. The number of benzene rings is 2. The summed E-state index contributed by atoms with van der Waals surface area (Å²) in [6.45, 7) is 0. The van der Waals surface area contributed by atoms with Gasteiger partial charge in [-0.1, -0.05) is 47.5 Å². The Morgan fingerprint density at radius 3 is 2.18 bits per heavy atom. The van der Waals surface area contributed by atoms with E-state index in [-0.39, 0.29) is 5.75 Å². The van der Waals surface area contributed by atoms with Crippen molar-refractivity contribution in [1.29, 1.82) is 0 Å². The number of phenols is 1. The first-order chi connectivity index (χ1) is 8.15. The largest absolute Gasteiger partial charge is 0.507 e. The minimum absolute atomic E-state index is 0.208. The molecule has 1 N–H and O–H groups in total. The zero-order valence-electron chi connectivity index (χ0n) is 8.90. The van der Waals surface area contributed by atoms with Gasteiger partial charge in [0.1, 0.15) is 5.75 Å². The monoisotopic (exact) mass is 264 g/mol. The Bertz CT molecular complexity index is 545. The first-order valence-corrected chi connectivity index (χ1v) is 5.83. The van der Waals surface area contributed by atoms with Crippen molar-refractivity contribution in [2.45, 2.75) is 0 Å². The average molecular weight is 265 g/mol. The molecule has 0 aliphatic carbocycles. The van der Waals surface area contributed by atoms with Crippen LogP contribution in [0, 0.1) is 0 Å². The zero-order chi connectivity index (χ0) is 12.3. The van der Waals surface area contributed by atoms with Crippen molar-refractivity contribution in [3.63, 3.8) is 0 Å². The van der Waals surface area contributed by atoms with Crippen molar-refractivity contribution in [3.05, 3.63) is 63.6 Å². The van der Waals surface area contributed by atoms with Gasteiger partial charge in [-0.15, -0.1) is 0 Å². The zero-order valence-corrected chi connectivity index (χ0v) is 10.4. The minimum Gasteiger partial charge on any atom is -0.507 e. The van der Waals surface area contributed by atoms with Crippen LogP contribution < -0.4 is 0 Å². The number of phenolic OH excluding ortho intramolecular Hbond substituents is 1. The van der Waals surface area contributed by atoms with Gasteiger partial charge in [-0.25, -0.2) is 0 Å². The van der Waals surface area contributed by atoms with Crippen LogP contribution in [-0.4, -0.2) is 5.11 Å². The molecule has 0 unspecified atom stereocenters. The lowest BCUT2D eigenvalue weighted by atomic mass is 10.1. The van der Waals surface area contributed by atoms with Gasteiger partial charge in [-0.2, -0.15) is 0 Å². The molecule has 0 atom stereocenters. The maximum Gasteiger partial charge on any atom is 0.122 e. The molecule has 0 amide bonds. The first kappa shape index (κ1) is 12.0. The summed E-state index contributed by atoms with van der Waals surface area (Å²) in [4.78, 5) is 0. The Kier molecular flexibility index (Phi) is 3.72. The van der Waals surface area contributed by atoms with Gasteiger partial charge in [0.25, 0.3) is 0 Å². The maximum atomic E-state index is 9.63. The highest BCUT2D eigenvalue weighted by Crippen LogP contribution is 2.23. The quantitative estimate of drug-likeness (QED) is 0.768. The molecular formula is C14H10Cl2O. The lowest BCUT2D eigenvalue weighted by Gasteiger charge is -1.99. The fourth-order valence-electron chi connectivity index (χ4n) is 1.42. The molecule has 1 nitrogen and oxygen atoms in total. The van der Waals surface area contributed by atoms with Crippen LogP contribution in [0.25, 0.3) is 12.2 Å². The van der Waals surface area contributed by atoms with Gasteiger partial charge in [0.2, 0.25) is 0 Å². The van der Waals surface area contributed by atoms with Gasteiger partial charge < -0.3 is 5.11 Å². The summed E-state index contributed by atoms with van der Waals surface area (Å²) in [5.74, 6) is 0.208. The van der Waals surface area contributed by atoms with Crippen LogP contribution >= 0.6 is 23.2 Å². The van der Waals surface area contributed by atoms with E-state index < -0.39 is 0 Å². The van der Waals surface area contributed by atoms with Crippen molar-refractivity contribution >= 4 is 35.4 Å². The number of hydrogen-bond donors (Lipinski definition) is 1. The van der Waals surface area contributed by atoms with E-state index in [9.17, 15) is 5.11 Å². The van der Waals surface area contributed by atoms with E-state index >= 15 is 0 Å². The Labute approximate surface area is 110 Å². The molecule has 2 rings (SSSR count). The van der Waals surface area contributed by atoms with E-state index in [1.54, 1.807) is 18.2 Å². The van der Waals surface area contributed by atoms with Gasteiger partial charge in [-0.05, 0) is 35.9 Å². The molecule has 0 saturated carbocycles. The molecule has 2 aromatic carbocycles.